The van der Waals surface area contributed by atoms with Crippen LogP contribution in [0, 0.1) is 11.3 Å². The van der Waals surface area contributed by atoms with Crippen molar-refractivity contribution < 1.29 is 41.7 Å². The van der Waals surface area contributed by atoms with E-state index >= 15 is 0 Å². The number of fused-ring (bicyclic) bond motifs is 2. The van der Waals surface area contributed by atoms with Gasteiger partial charge in [0.1, 0.15) is 0 Å². The summed E-state index contributed by atoms with van der Waals surface area (Å²) >= 11 is 0. The fourth-order valence-corrected chi connectivity index (χ4v) is 7.70. The number of rotatable bonds is 4. The number of hydrogen-bond acceptors (Lipinski definition) is 9. The van der Waals surface area contributed by atoms with Gasteiger partial charge in [-0.3, -0.25) is 9.59 Å². The van der Waals surface area contributed by atoms with Crippen LogP contribution in [0.1, 0.15) is 45.1 Å². The van der Waals surface area contributed by atoms with Gasteiger partial charge in [0.25, 0.3) is 5.79 Å². The zero-order chi connectivity index (χ0) is 24.3. The third kappa shape index (κ3) is 3.21. The summed E-state index contributed by atoms with van der Waals surface area (Å²) in [5, 5.41) is 0. The number of benzene rings is 1. The second kappa shape index (κ2) is 7.65. The fraction of sp³-hybridized carbons (Fsp3) is 0.565. The van der Waals surface area contributed by atoms with E-state index in [1.807, 2.05) is 0 Å². The molecule has 3 aliphatic rings. The molecule has 180 valence electrons. The Bertz CT molecular complexity index is 1140. The molecule has 2 heterocycles. The smallest absolute Gasteiger partial charge is 0.328 e. The first kappa shape index (κ1) is 23.4. The molecule has 33 heavy (non-hydrogen) atoms. The van der Waals surface area contributed by atoms with E-state index in [4.69, 9.17) is 23.7 Å². The Labute approximate surface area is 192 Å². The molecule has 4 rings (SSSR count). The van der Waals surface area contributed by atoms with Crippen molar-refractivity contribution in [2.75, 3.05) is 27.1 Å². The number of carbonyl (C=O) groups excluding carboxylic acids is 2. The molecule has 1 aromatic carbocycles. The number of ether oxygens (including phenoxy) is 5. The standard InChI is InChI=1S/C23H28O9S/c1-12-11-15(13-7-8-16(28-4)18(30-6)17(13)29-5)23(14-9-10-33(26,27)19(12)14)20(24)31-22(2,3)32-21(23)25/h7-8,14-15H,9-11H2,1-6H3/t14-,15+/m0/s1. The van der Waals surface area contributed by atoms with Crippen molar-refractivity contribution in [3.8, 4) is 17.2 Å². The molecule has 2 saturated heterocycles. The van der Waals surface area contributed by atoms with Crippen LogP contribution in [0.15, 0.2) is 22.6 Å². The molecule has 2 aliphatic heterocycles. The number of cyclic esters (lactones) is 2. The predicted molar refractivity (Wildman–Crippen MR) is 117 cm³/mol. The van der Waals surface area contributed by atoms with E-state index in [2.05, 4.69) is 0 Å². The molecule has 2 fully saturated rings. The summed E-state index contributed by atoms with van der Waals surface area (Å²) in [5.41, 5.74) is -0.761. The van der Waals surface area contributed by atoms with Crippen LogP contribution in [0.5, 0.6) is 17.2 Å². The second-order valence-corrected chi connectivity index (χ2v) is 11.1. The molecule has 9 nitrogen and oxygen atoms in total. The van der Waals surface area contributed by atoms with Gasteiger partial charge in [-0.05, 0) is 25.8 Å². The number of esters is 2. The third-order valence-corrected chi connectivity index (χ3v) is 8.90. The lowest BCUT2D eigenvalue weighted by atomic mass is 9.57. The van der Waals surface area contributed by atoms with Crippen LogP contribution in [0.4, 0.5) is 0 Å². The fourth-order valence-electron chi connectivity index (χ4n) is 5.58. The van der Waals surface area contributed by atoms with E-state index in [0.29, 0.717) is 28.4 Å². The number of allylic oxidation sites excluding steroid dienone is 2. The van der Waals surface area contributed by atoms with Gasteiger partial charge in [-0.1, -0.05) is 11.6 Å². The molecule has 0 radical (unpaired) electrons. The Balaban J connectivity index is 2.03. The minimum Gasteiger partial charge on any atom is -0.493 e. The molecule has 0 unspecified atom stereocenters. The summed E-state index contributed by atoms with van der Waals surface area (Å²) in [6.45, 7) is 4.66. The number of hydrogen-bond donors (Lipinski definition) is 0. The van der Waals surface area contributed by atoms with Gasteiger partial charge in [-0.15, -0.1) is 0 Å². The lowest BCUT2D eigenvalue weighted by molar-refractivity contribution is -0.257. The maximum atomic E-state index is 13.7. The van der Waals surface area contributed by atoms with Gasteiger partial charge in [-0.2, -0.15) is 0 Å². The maximum absolute atomic E-state index is 13.7. The number of methoxy groups -OCH3 is 3. The van der Waals surface area contributed by atoms with E-state index in [1.54, 1.807) is 19.1 Å². The van der Waals surface area contributed by atoms with Crippen LogP contribution in [0.25, 0.3) is 0 Å². The number of carbonyl (C=O) groups is 2. The molecule has 0 saturated carbocycles. The van der Waals surface area contributed by atoms with Gasteiger partial charge >= 0.3 is 11.9 Å². The Kier molecular flexibility index (Phi) is 5.42. The van der Waals surface area contributed by atoms with Gasteiger partial charge in [0.15, 0.2) is 26.8 Å². The average molecular weight is 481 g/mol. The van der Waals surface area contributed by atoms with Crippen molar-refractivity contribution in [1.29, 1.82) is 0 Å². The molecule has 2 atom stereocenters. The van der Waals surface area contributed by atoms with E-state index in [1.165, 1.54) is 35.2 Å². The highest BCUT2D eigenvalue weighted by Crippen LogP contribution is 2.62. The topological polar surface area (TPSA) is 114 Å². The second-order valence-electron chi connectivity index (χ2n) is 9.03. The molecule has 0 bridgehead atoms. The largest absolute Gasteiger partial charge is 0.493 e. The van der Waals surface area contributed by atoms with Crippen molar-refractivity contribution in [3.63, 3.8) is 0 Å². The van der Waals surface area contributed by atoms with Crippen LogP contribution in [0.3, 0.4) is 0 Å². The van der Waals surface area contributed by atoms with Gasteiger partial charge in [0, 0.05) is 36.2 Å². The lowest BCUT2D eigenvalue weighted by Crippen LogP contribution is -2.61. The zero-order valence-electron chi connectivity index (χ0n) is 19.5. The Morgan fingerprint density at radius 3 is 2.09 bits per heavy atom. The third-order valence-electron chi connectivity index (χ3n) is 6.82. The van der Waals surface area contributed by atoms with Gasteiger partial charge in [-0.25, -0.2) is 8.42 Å². The number of sulfone groups is 1. The highest BCUT2D eigenvalue weighted by molar-refractivity contribution is 7.95. The summed E-state index contributed by atoms with van der Waals surface area (Å²) in [7, 11) is 0.789. The first-order valence-corrected chi connectivity index (χ1v) is 12.3. The van der Waals surface area contributed by atoms with Crippen LogP contribution in [0.2, 0.25) is 0 Å². The van der Waals surface area contributed by atoms with Crippen molar-refractivity contribution >= 4 is 21.8 Å². The van der Waals surface area contributed by atoms with Crippen LogP contribution < -0.4 is 14.2 Å². The normalized spacial score (nSPS) is 27.0. The van der Waals surface area contributed by atoms with E-state index in [0.717, 1.165) is 0 Å². The summed E-state index contributed by atoms with van der Waals surface area (Å²) in [5.74, 6) is -3.88. The molecule has 1 aliphatic carbocycles. The summed E-state index contributed by atoms with van der Waals surface area (Å²) in [6.07, 6.45) is 0.243. The van der Waals surface area contributed by atoms with Crippen molar-refractivity contribution in [3.05, 3.63) is 28.2 Å². The Hall–Kier alpha value is -2.75. The highest BCUT2D eigenvalue weighted by Gasteiger charge is 2.69. The molecule has 1 aromatic rings. The average Bonchev–Trinajstić information content (AvgIpc) is 3.06. The highest BCUT2D eigenvalue weighted by atomic mass is 32.2. The molecule has 10 heteroatoms. The SMILES string of the molecule is COc1ccc([C@H]2CC(C)=C3[C@H](CCS3(=O)=O)C23C(=O)OC(C)(C)OC3=O)c(OC)c1OC. The van der Waals surface area contributed by atoms with Crippen LogP contribution in [-0.4, -0.2) is 53.2 Å². The van der Waals surface area contributed by atoms with Crippen molar-refractivity contribution in [1.82, 2.24) is 0 Å². The van der Waals surface area contributed by atoms with Gasteiger partial charge < -0.3 is 23.7 Å². The molecule has 0 aromatic heterocycles. The molecular formula is C23H28O9S. The van der Waals surface area contributed by atoms with Gasteiger partial charge in [0.05, 0.1) is 27.1 Å². The van der Waals surface area contributed by atoms with E-state index < -0.39 is 44.8 Å². The summed E-state index contributed by atoms with van der Waals surface area (Å²) in [6, 6.07) is 3.36. The molecule has 0 amide bonds. The summed E-state index contributed by atoms with van der Waals surface area (Å²) in [4.78, 5) is 27.5. The monoisotopic (exact) mass is 480 g/mol. The summed E-state index contributed by atoms with van der Waals surface area (Å²) < 4.78 is 53.5. The zero-order valence-corrected chi connectivity index (χ0v) is 20.3. The Morgan fingerprint density at radius 1 is 0.939 bits per heavy atom. The van der Waals surface area contributed by atoms with Crippen LogP contribution in [-0.2, 0) is 28.9 Å². The van der Waals surface area contributed by atoms with E-state index in [-0.39, 0.29) is 23.5 Å². The van der Waals surface area contributed by atoms with E-state index in [9.17, 15) is 18.0 Å². The maximum Gasteiger partial charge on any atom is 0.328 e. The minimum atomic E-state index is -3.60. The first-order valence-electron chi connectivity index (χ1n) is 10.6. The Morgan fingerprint density at radius 2 is 1.55 bits per heavy atom. The quantitative estimate of drug-likeness (QED) is 0.474. The molecular weight excluding hydrogens is 452 g/mol. The first-order chi connectivity index (χ1) is 15.4. The molecule has 1 spiro atoms. The molecule has 0 N–H and O–H groups in total. The van der Waals surface area contributed by atoms with Crippen LogP contribution >= 0.6 is 0 Å². The van der Waals surface area contributed by atoms with Gasteiger partial charge in [0.2, 0.25) is 5.75 Å². The van der Waals surface area contributed by atoms with Crippen molar-refractivity contribution in [2.45, 2.75) is 45.3 Å². The lowest BCUT2D eigenvalue weighted by Gasteiger charge is -2.49. The van der Waals surface area contributed by atoms with Crippen molar-refractivity contribution in [2.24, 2.45) is 11.3 Å². The predicted octanol–water partition coefficient (Wildman–Crippen LogP) is 2.73. The minimum absolute atomic E-state index is 0.117.